The lowest BCUT2D eigenvalue weighted by Gasteiger charge is -2.13. The van der Waals surface area contributed by atoms with E-state index in [1.165, 1.54) is 31.4 Å². The Labute approximate surface area is 185 Å². The average molecular weight is 435 g/mol. The van der Waals surface area contributed by atoms with E-state index in [1.54, 1.807) is 24.3 Å². The molecular weight excluding hydrogens is 410 g/mol. The predicted octanol–water partition coefficient (Wildman–Crippen LogP) is 4.73. The molecule has 0 saturated heterocycles. The third-order valence-corrected chi connectivity index (χ3v) is 5.19. The number of hydrogen-bond acceptors (Lipinski definition) is 6. The Morgan fingerprint density at radius 2 is 1.75 bits per heavy atom. The molecule has 32 heavy (non-hydrogen) atoms. The summed E-state index contributed by atoms with van der Waals surface area (Å²) in [5.41, 5.74) is 5.02. The zero-order valence-electron chi connectivity index (χ0n) is 17.6. The summed E-state index contributed by atoms with van der Waals surface area (Å²) in [5.74, 6) is 0.162. The van der Waals surface area contributed by atoms with Crippen molar-refractivity contribution in [3.8, 4) is 5.75 Å². The second-order valence-electron chi connectivity index (χ2n) is 7.42. The Kier molecular flexibility index (Phi) is 7.76. The van der Waals surface area contributed by atoms with E-state index in [2.05, 4.69) is 5.73 Å². The monoisotopic (exact) mass is 435 g/mol. The second kappa shape index (κ2) is 10.7. The molecule has 3 N–H and O–H groups in total. The Balaban J connectivity index is 1.74. The summed E-state index contributed by atoms with van der Waals surface area (Å²) in [6.45, 7) is 0.249. The molecule has 0 heterocycles. The SMILES string of the molecule is COCC(=C=CC[C@@H](O)c1ccc(O)c2ccccc12)C[C@@H](O)c1ccc([N+](=O)[O-])cc1. The number of benzene rings is 3. The van der Waals surface area contributed by atoms with E-state index in [0.29, 0.717) is 22.1 Å². The van der Waals surface area contributed by atoms with Crippen molar-refractivity contribution >= 4 is 16.5 Å². The van der Waals surface area contributed by atoms with Gasteiger partial charge in [0.15, 0.2) is 0 Å². The number of nitro benzene ring substituents is 1. The van der Waals surface area contributed by atoms with Crippen LogP contribution in [0.4, 0.5) is 5.69 Å². The van der Waals surface area contributed by atoms with Gasteiger partial charge in [-0.25, -0.2) is 0 Å². The van der Waals surface area contributed by atoms with Crippen LogP contribution in [0.2, 0.25) is 0 Å². The van der Waals surface area contributed by atoms with E-state index in [9.17, 15) is 25.4 Å². The molecule has 0 unspecified atom stereocenters. The lowest BCUT2D eigenvalue weighted by Crippen LogP contribution is -2.03. The van der Waals surface area contributed by atoms with Gasteiger partial charge in [-0.3, -0.25) is 10.1 Å². The summed E-state index contributed by atoms with van der Waals surface area (Å²) < 4.78 is 5.19. The van der Waals surface area contributed by atoms with Crippen molar-refractivity contribution in [3.63, 3.8) is 0 Å². The number of aromatic hydroxyl groups is 1. The number of rotatable bonds is 9. The Morgan fingerprint density at radius 1 is 1.06 bits per heavy atom. The molecule has 3 aromatic rings. The number of aliphatic hydroxyl groups is 2. The topological polar surface area (TPSA) is 113 Å². The molecule has 0 aliphatic rings. The number of ether oxygens (including phenoxy) is 1. The minimum atomic E-state index is -0.868. The maximum atomic E-state index is 10.8. The highest BCUT2D eigenvalue weighted by atomic mass is 16.6. The normalized spacial score (nSPS) is 12.7. The van der Waals surface area contributed by atoms with Crippen LogP contribution in [-0.2, 0) is 4.74 Å². The molecule has 0 radical (unpaired) electrons. The summed E-state index contributed by atoms with van der Waals surface area (Å²) in [4.78, 5) is 10.3. The number of aliphatic hydroxyl groups excluding tert-OH is 2. The average Bonchev–Trinajstić information content (AvgIpc) is 2.79. The fraction of sp³-hybridized carbons (Fsp3) is 0.240. The van der Waals surface area contributed by atoms with Crippen molar-refractivity contribution in [1.82, 2.24) is 0 Å². The summed E-state index contributed by atoms with van der Waals surface area (Å²) in [6.07, 6.45) is 0.559. The maximum Gasteiger partial charge on any atom is 0.269 e. The van der Waals surface area contributed by atoms with E-state index in [1.807, 2.05) is 18.2 Å². The minimum absolute atomic E-state index is 0.0377. The summed E-state index contributed by atoms with van der Waals surface area (Å²) in [6, 6.07) is 16.4. The smallest absolute Gasteiger partial charge is 0.269 e. The van der Waals surface area contributed by atoms with Gasteiger partial charge < -0.3 is 20.1 Å². The van der Waals surface area contributed by atoms with Crippen LogP contribution >= 0.6 is 0 Å². The maximum absolute atomic E-state index is 10.8. The van der Waals surface area contributed by atoms with Gasteiger partial charge in [0.05, 0.1) is 23.7 Å². The Morgan fingerprint density at radius 3 is 2.41 bits per heavy atom. The zero-order valence-corrected chi connectivity index (χ0v) is 17.6. The number of methoxy groups -OCH3 is 1. The molecule has 0 aliphatic carbocycles. The van der Waals surface area contributed by atoms with Crippen molar-refractivity contribution in [2.75, 3.05) is 13.7 Å². The van der Waals surface area contributed by atoms with Crippen LogP contribution in [0.5, 0.6) is 5.75 Å². The quantitative estimate of drug-likeness (QED) is 0.254. The molecule has 0 aliphatic heterocycles. The van der Waals surface area contributed by atoms with Gasteiger partial charge in [-0.05, 0) is 46.4 Å². The Bertz CT molecular complexity index is 1150. The number of phenolic OH excluding ortho intramolecular Hbond substituents is 1. The van der Waals surface area contributed by atoms with Gasteiger partial charge in [0.25, 0.3) is 5.69 Å². The molecule has 0 fully saturated rings. The van der Waals surface area contributed by atoms with Crippen molar-refractivity contribution in [2.45, 2.75) is 25.0 Å². The molecule has 7 heteroatoms. The van der Waals surface area contributed by atoms with E-state index < -0.39 is 17.1 Å². The largest absolute Gasteiger partial charge is 0.507 e. The predicted molar refractivity (Wildman–Crippen MR) is 121 cm³/mol. The van der Waals surface area contributed by atoms with Crippen LogP contribution < -0.4 is 0 Å². The van der Waals surface area contributed by atoms with Crippen LogP contribution in [0, 0.1) is 10.1 Å². The van der Waals surface area contributed by atoms with Crippen molar-refractivity contribution in [2.24, 2.45) is 0 Å². The number of nitro groups is 1. The third-order valence-electron chi connectivity index (χ3n) is 5.19. The summed E-state index contributed by atoms with van der Waals surface area (Å²) >= 11 is 0. The number of hydrogen-bond donors (Lipinski definition) is 3. The van der Waals surface area contributed by atoms with Gasteiger partial charge in [0.2, 0.25) is 0 Å². The molecule has 3 aromatic carbocycles. The van der Waals surface area contributed by atoms with E-state index >= 15 is 0 Å². The van der Waals surface area contributed by atoms with Gasteiger partial charge >= 0.3 is 0 Å². The fourth-order valence-corrected chi connectivity index (χ4v) is 3.54. The highest BCUT2D eigenvalue weighted by Gasteiger charge is 2.14. The fourth-order valence-electron chi connectivity index (χ4n) is 3.54. The van der Waals surface area contributed by atoms with Crippen molar-refractivity contribution in [3.05, 3.63) is 99.3 Å². The van der Waals surface area contributed by atoms with Gasteiger partial charge in [-0.15, -0.1) is 5.73 Å². The van der Waals surface area contributed by atoms with E-state index in [-0.39, 0.29) is 30.9 Å². The first kappa shape index (κ1) is 23.2. The number of non-ortho nitro benzene ring substituents is 1. The first-order valence-electron chi connectivity index (χ1n) is 10.1. The van der Waals surface area contributed by atoms with E-state index in [0.717, 1.165) is 5.39 Å². The third kappa shape index (κ3) is 5.60. The Hall–Kier alpha value is -3.48. The van der Waals surface area contributed by atoms with Crippen LogP contribution in [0.1, 0.15) is 36.2 Å². The van der Waals surface area contributed by atoms with Crippen LogP contribution in [0.25, 0.3) is 10.8 Å². The molecule has 3 rings (SSSR count). The van der Waals surface area contributed by atoms with Crippen LogP contribution in [0.3, 0.4) is 0 Å². The van der Waals surface area contributed by atoms with Crippen LogP contribution in [-0.4, -0.2) is 34.0 Å². The van der Waals surface area contributed by atoms with E-state index in [4.69, 9.17) is 4.74 Å². The van der Waals surface area contributed by atoms with Gasteiger partial charge in [-0.1, -0.05) is 30.3 Å². The highest BCUT2D eigenvalue weighted by molar-refractivity contribution is 5.91. The molecular formula is C25H25NO6. The standard InChI is InChI=1S/C25H25NO6/c1-32-16-17(15-25(29)18-9-11-19(12-10-18)26(30)31)5-4-8-23(27)22-13-14-24(28)21-7-3-2-6-20(21)22/h2-4,6-7,9-14,23,25,27-29H,8,15-16H2,1H3/t5?,23-,25-/m1/s1. The first-order chi connectivity index (χ1) is 15.4. The second-order valence-corrected chi connectivity index (χ2v) is 7.42. The molecule has 0 aromatic heterocycles. The molecule has 0 amide bonds. The van der Waals surface area contributed by atoms with Crippen molar-refractivity contribution in [1.29, 1.82) is 0 Å². The zero-order chi connectivity index (χ0) is 23.1. The number of phenols is 1. The molecule has 0 spiro atoms. The lowest BCUT2D eigenvalue weighted by molar-refractivity contribution is -0.384. The van der Waals surface area contributed by atoms with Gasteiger partial charge in [0, 0.05) is 37.5 Å². The summed E-state index contributed by atoms with van der Waals surface area (Å²) in [5, 5.41) is 43.5. The van der Waals surface area contributed by atoms with Gasteiger partial charge in [0.1, 0.15) is 5.75 Å². The highest BCUT2D eigenvalue weighted by Crippen LogP contribution is 2.32. The number of fused-ring (bicyclic) bond motifs is 1. The van der Waals surface area contributed by atoms with Crippen molar-refractivity contribution < 1.29 is 25.0 Å². The van der Waals surface area contributed by atoms with Crippen LogP contribution in [0.15, 0.2) is 78.0 Å². The molecule has 7 nitrogen and oxygen atoms in total. The molecule has 2 atom stereocenters. The molecule has 0 bridgehead atoms. The lowest BCUT2D eigenvalue weighted by atomic mass is 9.97. The molecule has 166 valence electrons. The molecule has 0 saturated carbocycles. The minimum Gasteiger partial charge on any atom is -0.507 e. The number of nitrogens with zero attached hydrogens (tertiary/aromatic N) is 1. The van der Waals surface area contributed by atoms with Gasteiger partial charge in [-0.2, -0.15) is 0 Å². The first-order valence-corrected chi connectivity index (χ1v) is 10.1. The summed E-state index contributed by atoms with van der Waals surface area (Å²) in [7, 11) is 1.54.